The normalized spacial score (nSPS) is 12.2. The number of rotatable bonds is 5. The van der Waals surface area contributed by atoms with Gasteiger partial charge in [0.2, 0.25) is 5.16 Å². The van der Waals surface area contributed by atoms with E-state index in [1.54, 1.807) is 12.1 Å². The molecule has 5 nitrogen and oxygen atoms in total. The molecule has 0 saturated carbocycles. The van der Waals surface area contributed by atoms with Crippen LogP contribution in [0.15, 0.2) is 47.6 Å². The number of thioether (sulfide) groups is 1. The highest BCUT2D eigenvalue weighted by molar-refractivity contribution is 8.00. The van der Waals surface area contributed by atoms with Crippen molar-refractivity contribution in [2.24, 2.45) is 0 Å². The molecule has 0 amide bonds. The standard InChI is InChI=1S/C18H17FN4OS/c1-11-7-8-12(2)16(9-11)17(24)13(3)25-18-20-21-22-23(18)15-6-4-5-14(19)10-15/h4-10,13H,1-3H3. The average molecular weight is 356 g/mol. The Hall–Kier alpha value is -2.54. The zero-order valence-corrected chi connectivity index (χ0v) is 14.9. The van der Waals surface area contributed by atoms with Gasteiger partial charge in [-0.15, -0.1) is 5.10 Å². The van der Waals surface area contributed by atoms with Crippen molar-refractivity contribution in [3.05, 3.63) is 65.0 Å². The number of ketones is 1. The third kappa shape index (κ3) is 3.76. The molecule has 0 saturated heterocycles. The fourth-order valence-corrected chi connectivity index (χ4v) is 3.33. The molecule has 0 aliphatic carbocycles. The lowest BCUT2D eigenvalue weighted by atomic mass is 10.0. The molecule has 0 bridgehead atoms. The first-order valence-electron chi connectivity index (χ1n) is 7.78. The fraction of sp³-hybridized carbons (Fsp3) is 0.222. The Morgan fingerprint density at radius 3 is 2.76 bits per heavy atom. The number of aryl methyl sites for hydroxylation is 2. The maximum atomic E-state index is 13.4. The first-order chi connectivity index (χ1) is 12.0. The molecule has 1 unspecified atom stereocenters. The van der Waals surface area contributed by atoms with Crippen molar-refractivity contribution in [1.82, 2.24) is 20.2 Å². The summed E-state index contributed by atoms with van der Waals surface area (Å²) in [5.74, 6) is -0.358. The summed E-state index contributed by atoms with van der Waals surface area (Å²) >= 11 is 1.25. The summed E-state index contributed by atoms with van der Waals surface area (Å²) in [6, 6.07) is 11.8. The largest absolute Gasteiger partial charge is 0.293 e. The first-order valence-corrected chi connectivity index (χ1v) is 8.66. The van der Waals surface area contributed by atoms with E-state index in [-0.39, 0.29) is 16.9 Å². The van der Waals surface area contributed by atoms with Gasteiger partial charge in [-0.05, 0) is 61.0 Å². The molecule has 0 spiro atoms. The van der Waals surface area contributed by atoms with Crippen LogP contribution >= 0.6 is 11.8 Å². The molecule has 0 radical (unpaired) electrons. The second-order valence-corrected chi connectivity index (χ2v) is 7.10. The van der Waals surface area contributed by atoms with Gasteiger partial charge in [-0.25, -0.2) is 4.39 Å². The van der Waals surface area contributed by atoms with Gasteiger partial charge in [-0.1, -0.05) is 35.5 Å². The topological polar surface area (TPSA) is 60.7 Å². The number of halogens is 1. The van der Waals surface area contributed by atoms with Crippen LogP contribution in [0, 0.1) is 19.7 Å². The monoisotopic (exact) mass is 356 g/mol. The lowest BCUT2D eigenvalue weighted by Crippen LogP contribution is -2.16. The van der Waals surface area contributed by atoms with Gasteiger partial charge in [0.1, 0.15) is 5.82 Å². The van der Waals surface area contributed by atoms with Crippen LogP contribution < -0.4 is 0 Å². The van der Waals surface area contributed by atoms with Crippen molar-refractivity contribution in [2.45, 2.75) is 31.2 Å². The number of hydrogen-bond acceptors (Lipinski definition) is 5. The van der Waals surface area contributed by atoms with Gasteiger partial charge in [-0.2, -0.15) is 4.68 Å². The van der Waals surface area contributed by atoms with Crippen molar-refractivity contribution < 1.29 is 9.18 Å². The van der Waals surface area contributed by atoms with E-state index in [1.807, 2.05) is 39.0 Å². The maximum Gasteiger partial charge on any atom is 0.214 e. The highest BCUT2D eigenvalue weighted by Crippen LogP contribution is 2.26. The number of benzene rings is 2. The van der Waals surface area contributed by atoms with Crippen LogP contribution in [0.25, 0.3) is 5.69 Å². The van der Waals surface area contributed by atoms with Crippen LogP contribution in [0.5, 0.6) is 0 Å². The highest BCUT2D eigenvalue weighted by atomic mass is 32.2. The van der Waals surface area contributed by atoms with E-state index in [2.05, 4.69) is 15.5 Å². The molecule has 7 heteroatoms. The van der Waals surface area contributed by atoms with Crippen LogP contribution in [0.1, 0.15) is 28.4 Å². The minimum atomic E-state index is -0.376. The van der Waals surface area contributed by atoms with Crippen molar-refractivity contribution in [3.63, 3.8) is 0 Å². The predicted molar refractivity (Wildman–Crippen MR) is 94.7 cm³/mol. The third-order valence-corrected chi connectivity index (χ3v) is 4.84. The molecule has 1 aromatic heterocycles. The van der Waals surface area contributed by atoms with Gasteiger partial charge < -0.3 is 0 Å². The van der Waals surface area contributed by atoms with Crippen molar-refractivity contribution in [1.29, 1.82) is 0 Å². The Kier molecular flexibility index (Phi) is 4.94. The summed E-state index contributed by atoms with van der Waals surface area (Å²) < 4.78 is 14.9. The zero-order chi connectivity index (χ0) is 18.0. The Labute approximate surface area is 149 Å². The minimum Gasteiger partial charge on any atom is -0.293 e. The van der Waals surface area contributed by atoms with E-state index in [4.69, 9.17) is 0 Å². The molecule has 2 aromatic carbocycles. The van der Waals surface area contributed by atoms with E-state index in [9.17, 15) is 9.18 Å². The molecule has 0 fully saturated rings. The summed E-state index contributed by atoms with van der Waals surface area (Å²) in [4.78, 5) is 12.8. The lowest BCUT2D eigenvalue weighted by molar-refractivity contribution is 0.0993. The zero-order valence-electron chi connectivity index (χ0n) is 14.1. The Bertz CT molecular complexity index is 925. The number of carbonyl (C=O) groups is 1. The van der Waals surface area contributed by atoms with Crippen LogP contribution in [-0.4, -0.2) is 31.2 Å². The van der Waals surface area contributed by atoms with Gasteiger partial charge in [0.25, 0.3) is 0 Å². The minimum absolute atomic E-state index is 0.0139. The van der Waals surface area contributed by atoms with Crippen molar-refractivity contribution in [2.75, 3.05) is 0 Å². The fourth-order valence-electron chi connectivity index (χ4n) is 2.45. The number of Topliss-reactive ketones (excluding diaryl/α,β-unsaturated/α-hetero) is 1. The van der Waals surface area contributed by atoms with E-state index in [0.717, 1.165) is 11.1 Å². The molecule has 3 aromatic rings. The molecule has 25 heavy (non-hydrogen) atoms. The number of aromatic nitrogens is 4. The average Bonchev–Trinajstić information content (AvgIpc) is 3.04. The second-order valence-electron chi connectivity index (χ2n) is 5.80. The van der Waals surface area contributed by atoms with Crippen LogP contribution in [0.4, 0.5) is 4.39 Å². The molecule has 3 rings (SSSR count). The first kappa shape index (κ1) is 17.3. The smallest absolute Gasteiger partial charge is 0.214 e. The van der Waals surface area contributed by atoms with E-state index < -0.39 is 0 Å². The van der Waals surface area contributed by atoms with Gasteiger partial charge in [0.15, 0.2) is 5.78 Å². The summed E-state index contributed by atoms with van der Waals surface area (Å²) in [6.07, 6.45) is 0. The Morgan fingerprint density at radius 2 is 2.00 bits per heavy atom. The van der Waals surface area contributed by atoms with E-state index in [0.29, 0.717) is 16.4 Å². The number of tetrazole rings is 1. The molecular formula is C18H17FN4OS. The molecule has 128 valence electrons. The van der Waals surface area contributed by atoms with Crippen LogP contribution in [0.2, 0.25) is 0 Å². The number of carbonyl (C=O) groups excluding carboxylic acids is 1. The molecule has 0 aliphatic rings. The van der Waals surface area contributed by atoms with Crippen LogP contribution in [0.3, 0.4) is 0 Å². The van der Waals surface area contributed by atoms with Gasteiger partial charge in [0.05, 0.1) is 10.9 Å². The summed E-state index contributed by atoms with van der Waals surface area (Å²) in [5, 5.41) is 11.6. The summed E-state index contributed by atoms with van der Waals surface area (Å²) in [5.41, 5.74) is 3.19. The third-order valence-electron chi connectivity index (χ3n) is 3.80. The number of hydrogen-bond donors (Lipinski definition) is 0. The Balaban J connectivity index is 1.85. The van der Waals surface area contributed by atoms with E-state index in [1.165, 1.54) is 28.6 Å². The summed E-state index contributed by atoms with van der Waals surface area (Å²) in [7, 11) is 0. The van der Waals surface area contributed by atoms with Crippen molar-refractivity contribution in [3.8, 4) is 5.69 Å². The number of nitrogens with zero attached hydrogens (tertiary/aromatic N) is 4. The van der Waals surface area contributed by atoms with Crippen molar-refractivity contribution >= 4 is 17.5 Å². The highest BCUT2D eigenvalue weighted by Gasteiger charge is 2.22. The molecule has 0 aliphatic heterocycles. The van der Waals surface area contributed by atoms with Crippen LogP contribution in [-0.2, 0) is 0 Å². The second kappa shape index (κ2) is 7.14. The predicted octanol–water partition coefficient (Wildman–Crippen LogP) is 3.78. The van der Waals surface area contributed by atoms with Gasteiger partial charge in [-0.3, -0.25) is 4.79 Å². The molecule has 1 atom stereocenters. The molecule has 1 heterocycles. The van der Waals surface area contributed by atoms with Gasteiger partial charge >= 0.3 is 0 Å². The molecule has 0 N–H and O–H groups in total. The SMILES string of the molecule is Cc1ccc(C)c(C(=O)C(C)Sc2nnnn2-c2cccc(F)c2)c1. The van der Waals surface area contributed by atoms with Gasteiger partial charge in [0, 0.05) is 5.56 Å². The van der Waals surface area contributed by atoms with E-state index >= 15 is 0 Å². The lowest BCUT2D eigenvalue weighted by Gasteiger charge is -2.12. The Morgan fingerprint density at radius 1 is 1.20 bits per heavy atom. The molecular weight excluding hydrogens is 339 g/mol. The quantitative estimate of drug-likeness (QED) is 0.514. The summed E-state index contributed by atoms with van der Waals surface area (Å²) in [6.45, 7) is 5.69. The maximum absolute atomic E-state index is 13.4.